The van der Waals surface area contributed by atoms with Crippen molar-refractivity contribution in [3.63, 3.8) is 0 Å². The Morgan fingerprint density at radius 2 is 2.20 bits per heavy atom. The van der Waals surface area contributed by atoms with Crippen molar-refractivity contribution in [3.8, 4) is 16.5 Å². The minimum Gasteiger partial charge on any atom is -0.310 e. The van der Waals surface area contributed by atoms with Gasteiger partial charge >= 0.3 is 0 Å². The van der Waals surface area contributed by atoms with Crippen LogP contribution in [0.1, 0.15) is 32.4 Å². The zero-order chi connectivity index (χ0) is 17.8. The second-order valence-electron chi connectivity index (χ2n) is 5.52. The first-order valence-electron chi connectivity index (χ1n) is 8.15. The molecule has 0 bridgehead atoms. The second kappa shape index (κ2) is 7.43. The summed E-state index contributed by atoms with van der Waals surface area (Å²) in [6, 6.07) is 7.16. The van der Waals surface area contributed by atoms with Crippen molar-refractivity contribution < 1.29 is 4.79 Å². The van der Waals surface area contributed by atoms with Gasteiger partial charge in [-0.05, 0) is 17.9 Å². The molecular formula is C17H19N5O2S. The van der Waals surface area contributed by atoms with Crippen LogP contribution in [0.25, 0.3) is 16.5 Å². The van der Waals surface area contributed by atoms with Crippen LogP contribution in [0, 0.1) is 0 Å². The van der Waals surface area contributed by atoms with E-state index in [1.807, 2.05) is 24.4 Å². The zero-order valence-electron chi connectivity index (χ0n) is 14.1. The molecule has 2 N–H and O–H groups in total. The fourth-order valence-corrected chi connectivity index (χ4v) is 3.07. The molecule has 0 atom stereocenters. The number of nitrogens with zero attached hydrogens (tertiary/aromatic N) is 3. The van der Waals surface area contributed by atoms with Crippen molar-refractivity contribution in [1.82, 2.24) is 19.7 Å². The summed E-state index contributed by atoms with van der Waals surface area (Å²) in [6.07, 6.45) is 1.93. The van der Waals surface area contributed by atoms with E-state index in [-0.39, 0.29) is 11.5 Å². The van der Waals surface area contributed by atoms with Crippen LogP contribution in [-0.2, 0) is 11.2 Å². The third kappa shape index (κ3) is 3.85. The Labute approximate surface area is 148 Å². The van der Waals surface area contributed by atoms with Gasteiger partial charge < -0.3 is 5.32 Å². The number of amides is 1. The molecule has 0 aliphatic rings. The minimum absolute atomic E-state index is 0.133. The van der Waals surface area contributed by atoms with Crippen LogP contribution >= 0.6 is 11.3 Å². The van der Waals surface area contributed by atoms with Crippen molar-refractivity contribution in [3.05, 3.63) is 45.7 Å². The number of aromatic nitrogens is 4. The molecule has 0 aliphatic carbocycles. The van der Waals surface area contributed by atoms with Gasteiger partial charge in [-0.1, -0.05) is 26.3 Å². The first kappa shape index (κ1) is 17.1. The number of hydrogen-bond acceptors (Lipinski definition) is 5. The molecule has 0 aromatic carbocycles. The lowest BCUT2D eigenvalue weighted by Gasteiger charge is -2.08. The predicted octanol–water partition coefficient (Wildman–Crippen LogP) is 2.99. The monoisotopic (exact) mass is 357 g/mol. The molecule has 25 heavy (non-hydrogen) atoms. The van der Waals surface area contributed by atoms with Gasteiger partial charge in [0.15, 0.2) is 0 Å². The molecule has 3 rings (SSSR count). The fraction of sp³-hybridized carbons (Fsp3) is 0.294. The van der Waals surface area contributed by atoms with Crippen molar-refractivity contribution in [1.29, 1.82) is 0 Å². The SMILES string of the molecule is CCCc1cc(=O)[nH]c(-n2nc(-c3cccs3)cc2NC(=O)CC)n1. The van der Waals surface area contributed by atoms with Gasteiger partial charge in [-0.2, -0.15) is 9.78 Å². The molecule has 0 saturated carbocycles. The van der Waals surface area contributed by atoms with E-state index in [0.717, 1.165) is 11.3 Å². The van der Waals surface area contributed by atoms with Crippen molar-refractivity contribution in [2.24, 2.45) is 0 Å². The van der Waals surface area contributed by atoms with E-state index in [0.29, 0.717) is 36.0 Å². The van der Waals surface area contributed by atoms with Crippen LogP contribution in [0.2, 0.25) is 0 Å². The van der Waals surface area contributed by atoms with Gasteiger partial charge in [0, 0.05) is 24.2 Å². The second-order valence-corrected chi connectivity index (χ2v) is 6.46. The summed E-state index contributed by atoms with van der Waals surface area (Å²) in [7, 11) is 0. The number of anilines is 1. The van der Waals surface area contributed by atoms with E-state index in [9.17, 15) is 9.59 Å². The van der Waals surface area contributed by atoms with Crippen LogP contribution in [0.3, 0.4) is 0 Å². The van der Waals surface area contributed by atoms with E-state index in [1.165, 1.54) is 10.7 Å². The highest BCUT2D eigenvalue weighted by atomic mass is 32.1. The van der Waals surface area contributed by atoms with E-state index in [4.69, 9.17) is 0 Å². The molecular weight excluding hydrogens is 338 g/mol. The van der Waals surface area contributed by atoms with E-state index in [1.54, 1.807) is 24.3 Å². The number of carbonyl (C=O) groups is 1. The van der Waals surface area contributed by atoms with Gasteiger partial charge in [-0.3, -0.25) is 14.6 Å². The van der Waals surface area contributed by atoms with Gasteiger partial charge in [0.1, 0.15) is 11.5 Å². The maximum atomic E-state index is 12.0. The predicted molar refractivity (Wildman–Crippen MR) is 98.2 cm³/mol. The molecule has 8 heteroatoms. The summed E-state index contributed by atoms with van der Waals surface area (Å²) in [4.78, 5) is 32.0. The summed E-state index contributed by atoms with van der Waals surface area (Å²) < 4.78 is 1.48. The maximum absolute atomic E-state index is 12.0. The Morgan fingerprint density at radius 1 is 1.36 bits per heavy atom. The minimum atomic E-state index is -0.241. The molecule has 130 valence electrons. The Bertz CT molecular complexity index is 927. The fourth-order valence-electron chi connectivity index (χ4n) is 2.39. The normalized spacial score (nSPS) is 10.8. The van der Waals surface area contributed by atoms with Crippen LogP contribution in [-0.4, -0.2) is 25.7 Å². The first-order chi connectivity index (χ1) is 12.1. The summed E-state index contributed by atoms with van der Waals surface area (Å²) in [5.74, 6) is 0.642. The lowest BCUT2D eigenvalue weighted by molar-refractivity contribution is -0.115. The maximum Gasteiger partial charge on any atom is 0.252 e. The molecule has 7 nitrogen and oxygen atoms in total. The molecule has 0 saturated heterocycles. The van der Waals surface area contributed by atoms with Gasteiger partial charge in [0.05, 0.1) is 4.88 Å². The quantitative estimate of drug-likeness (QED) is 0.709. The van der Waals surface area contributed by atoms with Crippen molar-refractivity contribution in [2.75, 3.05) is 5.32 Å². The number of hydrogen-bond donors (Lipinski definition) is 2. The molecule has 3 aromatic heterocycles. The number of H-pyrrole nitrogens is 1. The van der Waals surface area contributed by atoms with E-state index in [2.05, 4.69) is 20.4 Å². The Hall–Kier alpha value is -2.74. The lowest BCUT2D eigenvalue weighted by Crippen LogP contribution is -2.18. The highest BCUT2D eigenvalue weighted by molar-refractivity contribution is 7.13. The molecule has 0 radical (unpaired) electrons. The molecule has 3 heterocycles. The Morgan fingerprint density at radius 3 is 2.88 bits per heavy atom. The number of aryl methyl sites for hydroxylation is 1. The van der Waals surface area contributed by atoms with Crippen LogP contribution in [0.5, 0.6) is 0 Å². The molecule has 0 fully saturated rings. The third-order valence-electron chi connectivity index (χ3n) is 3.56. The van der Waals surface area contributed by atoms with Gasteiger partial charge in [0.2, 0.25) is 11.9 Å². The third-order valence-corrected chi connectivity index (χ3v) is 4.45. The molecule has 0 unspecified atom stereocenters. The average Bonchev–Trinajstić information content (AvgIpc) is 3.23. The average molecular weight is 357 g/mol. The molecule has 3 aromatic rings. The standard InChI is InChI=1S/C17H19N5O2S/c1-3-6-11-9-16(24)20-17(18-11)22-14(19-15(23)4-2)10-12(21-22)13-7-5-8-25-13/h5,7-10H,3-4,6H2,1-2H3,(H,19,23)(H,18,20,24). The van der Waals surface area contributed by atoms with Crippen LogP contribution < -0.4 is 10.9 Å². The van der Waals surface area contributed by atoms with Gasteiger partial charge in [0.25, 0.3) is 5.56 Å². The highest BCUT2D eigenvalue weighted by Gasteiger charge is 2.16. The summed E-state index contributed by atoms with van der Waals surface area (Å²) in [6.45, 7) is 3.80. The summed E-state index contributed by atoms with van der Waals surface area (Å²) >= 11 is 1.55. The number of rotatable bonds is 6. The Balaban J connectivity index is 2.10. The summed E-state index contributed by atoms with van der Waals surface area (Å²) in [5.41, 5.74) is 1.17. The van der Waals surface area contributed by atoms with Crippen molar-refractivity contribution >= 4 is 23.1 Å². The smallest absolute Gasteiger partial charge is 0.252 e. The zero-order valence-corrected chi connectivity index (χ0v) is 14.9. The van der Waals surface area contributed by atoms with Crippen molar-refractivity contribution in [2.45, 2.75) is 33.1 Å². The topological polar surface area (TPSA) is 92.7 Å². The van der Waals surface area contributed by atoms with Gasteiger partial charge in [-0.15, -0.1) is 11.3 Å². The van der Waals surface area contributed by atoms with Crippen LogP contribution in [0.4, 0.5) is 5.82 Å². The molecule has 1 amide bonds. The first-order valence-corrected chi connectivity index (χ1v) is 9.03. The number of thiophene rings is 1. The number of aromatic amines is 1. The van der Waals surface area contributed by atoms with E-state index >= 15 is 0 Å². The molecule has 0 spiro atoms. The number of nitrogens with one attached hydrogen (secondary N) is 2. The van der Waals surface area contributed by atoms with E-state index < -0.39 is 0 Å². The Kier molecular flexibility index (Phi) is 5.08. The molecule has 0 aliphatic heterocycles. The number of carbonyl (C=O) groups excluding carboxylic acids is 1. The highest BCUT2D eigenvalue weighted by Crippen LogP contribution is 2.27. The summed E-state index contributed by atoms with van der Waals surface area (Å²) in [5, 5.41) is 9.31. The van der Waals surface area contributed by atoms with Crippen LogP contribution in [0.15, 0.2) is 34.4 Å². The largest absolute Gasteiger partial charge is 0.310 e. The lowest BCUT2D eigenvalue weighted by atomic mass is 10.2. The van der Waals surface area contributed by atoms with Gasteiger partial charge in [-0.25, -0.2) is 4.98 Å².